The van der Waals surface area contributed by atoms with Crippen LogP contribution in [0.25, 0.3) is 0 Å². The highest BCUT2D eigenvalue weighted by Crippen LogP contribution is 2.30. The lowest BCUT2D eigenvalue weighted by atomic mass is 9.85. The van der Waals surface area contributed by atoms with Gasteiger partial charge >= 0.3 is 0 Å². The first kappa shape index (κ1) is 13.2. The monoisotopic (exact) mass is 311 g/mol. The topological polar surface area (TPSA) is 26.0 Å². The second kappa shape index (κ2) is 4.78. The fraction of sp³-hybridized carbons (Fsp3) is 0.143. The average molecular weight is 312 g/mol. The van der Waals surface area contributed by atoms with Crippen LogP contribution < -0.4 is 5.73 Å². The van der Waals surface area contributed by atoms with Crippen molar-refractivity contribution in [2.24, 2.45) is 5.73 Å². The Kier molecular flexibility index (Phi) is 3.50. The molecule has 1 unspecified atom stereocenters. The molecule has 4 heteroatoms. The van der Waals surface area contributed by atoms with Gasteiger partial charge in [0.1, 0.15) is 11.6 Å². The highest BCUT2D eigenvalue weighted by Gasteiger charge is 2.27. The Morgan fingerprint density at radius 2 is 1.83 bits per heavy atom. The van der Waals surface area contributed by atoms with E-state index < -0.39 is 17.2 Å². The zero-order valence-corrected chi connectivity index (χ0v) is 11.3. The minimum atomic E-state index is -1.01. The minimum absolute atomic E-state index is 0.266. The standard InChI is InChI=1S/C14H12BrF2N/c1-14(18,9-3-2-4-10(15)7-9)12-6-5-11(16)8-13(12)17/h2-8H,18H2,1H3. The molecule has 2 N–H and O–H groups in total. The smallest absolute Gasteiger partial charge is 0.131 e. The minimum Gasteiger partial charge on any atom is -0.318 e. The molecule has 0 bridgehead atoms. The molecule has 18 heavy (non-hydrogen) atoms. The molecule has 0 radical (unpaired) electrons. The Morgan fingerprint density at radius 1 is 1.11 bits per heavy atom. The molecule has 2 aromatic carbocycles. The average Bonchev–Trinajstić information content (AvgIpc) is 2.28. The first-order valence-corrected chi connectivity index (χ1v) is 6.21. The molecular formula is C14H12BrF2N. The van der Waals surface area contributed by atoms with Gasteiger partial charge in [0.25, 0.3) is 0 Å². The third-order valence-corrected chi connectivity index (χ3v) is 3.41. The number of rotatable bonds is 2. The maximum absolute atomic E-state index is 13.8. The van der Waals surface area contributed by atoms with E-state index in [4.69, 9.17) is 5.73 Å². The molecule has 0 amide bonds. The lowest BCUT2D eigenvalue weighted by molar-refractivity contribution is 0.517. The molecule has 0 heterocycles. The Morgan fingerprint density at radius 3 is 2.44 bits per heavy atom. The number of hydrogen-bond acceptors (Lipinski definition) is 1. The summed E-state index contributed by atoms with van der Waals surface area (Å²) < 4.78 is 27.6. The Labute approximate surface area is 113 Å². The zero-order chi connectivity index (χ0) is 13.3. The number of halogens is 3. The number of hydrogen-bond donors (Lipinski definition) is 1. The van der Waals surface area contributed by atoms with Crippen molar-refractivity contribution >= 4 is 15.9 Å². The van der Waals surface area contributed by atoms with Gasteiger partial charge in [-0.05, 0) is 30.7 Å². The molecule has 0 saturated carbocycles. The lowest BCUT2D eigenvalue weighted by Crippen LogP contribution is -2.35. The lowest BCUT2D eigenvalue weighted by Gasteiger charge is -2.26. The summed E-state index contributed by atoms with van der Waals surface area (Å²) in [5.41, 5.74) is 6.20. The molecule has 1 nitrogen and oxygen atoms in total. The van der Waals surface area contributed by atoms with Crippen molar-refractivity contribution < 1.29 is 8.78 Å². The molecule has 94 valence electrons. The van der Waals surface area contributed by atoms with Crippen molar-refractivity contribution in [3.8, 4) is 0 Å². The Bertz CT molecular complexity index is 582. The van der Waals surface area contributed by atoms with Crippen LogP contribution in [0, 0.1) is 11.6 Å². The summed E-state index contributed by atoms with van der Waals surface area (Å²) in [7, 11) is 0. The second-order valence-corrected chi connectivity index (χ2v) is 5.25. The van der Waals surface area contributed by atoms with Gasteiger partial charge in [0.2, 0.25) is 0 Å². The third-order valence-electron chi connectivity index (χ3n) is 2.91. The Hall–Kier alpha value is -1.26. The molecule has 0 saturated heterocycles. The van der Waals surface area contributed by atoms with Crippen molar-refractivity contribution in [3.05, 3.63) is 69.7 Å². The summed E-state index contributed by atoms with van der Waals surface area (Å²) in [4.78, 5) is 0. The van der Waals surface area contributed by atoms with Crippen LogP contribution in [0.5, 0.6) is 0 Å². The van der Waals surface area contributed by atoms with Gasteiger partial charge in [0, 0.05) is 16.1 Å². The normalized spacial score (nSPS) is 14.3. The summed E-state index contributed by atoms with van der Waals surface area (Å²) in [5, 5.41) is 0. The first-order chi connectivity index (χ1) is 8.41. The van der Waals surface area contributed by atoms with Crippen LogP contribution in [-0.2, 0) is 5.54 Å². The summed E-state index contributed by atoms with van der Waals surface area (Å²) in [6.45, 7) is 1.70. The van der Waals surface area contributed by atoms with Gasteiger partial charge in [-0.3, -0.25) is 0 Å². The largest absolute Gasteiger partial charge is 0.318 e. The van der Waals surface area contributed by atoms with E-state index in [1.807, 2.05) is 24.3 Å². The molecule has 0 aliphatic heterocycles. The van der Waals surface area contributed by atoms with E-state index in [9.17, 15) is 8.78 Å². The quantitative estimate of drug-likeness (QED) is 0.893. The van der Waals surface area contributed by atoms with Crippen LogP contribution in [0.2, 0.25) is 0 Å². The SMILES string of the molecule is CC(N)(c1cccc(Br)c1)c1ccc(F)cc1F. The molecule has 0 aliphatic carbocycles. The van der Waals surface area contributed by atoms with Crippen LogP contribution in [0.3, 0.4) is 0 Å². The maximum Gasteiger partial charge on any atom is 0.131 e. The van der Waals surface area contributed by atoms with E-state index in [1.165, 1.54) is 12.1 Å². The summed E-state index contributed by atoms with van der Waals surface area (Å²) >= 11 is 3.35. The maximum atomic E-state index is 13.8. The van der Waals surface area contributed by atoms with Crippen molar-refractivity contribution in [2.45, 2.75) is 12.5 Å². The van der Waals surface area contributed by atoms with E-state index in [0.29, 0.717) is 0 Å². The summed E-state index contributed by atoms with van der Waals surface area (Å²) in [5.74, 6) is -1.25. The van der Waals surface area contributed by atoms with E-state index >= 15 is 0 Å². The molecule has 1 atom stereocenters. The predicted molar refractivity (Wildman–Crippen MR) is 71.1 cm³/mol. The molecule has 2 aromatic rings. The van der Waals surface area contributed by atoms with Gasteiger partial charge in [-0.2, -0.15) is 0 Å². The van der Waals surface area contributed by atoms with Crippen LogP contribution in [0.1, 0.15) is 18.1 Å². The van der Waals surface area contributed by atoms with Crippen molar-refractivity contribution in [2.75, 3.05) is 0 Å². The molecule has 0 aliphatic rings. The number of nitrogens with two attached hydrogens (primary N) is 1. The van der Waals surface area contributed by atoms with Gasteiger partial charge in [-0.25, -0.2) is 8.78 Å². The van der Waals surface area contributed by atoms with Gasteiger partial charge in [-0.15, -0.1) is 0 Å². The first-order valence-electron chi connectivity index (χ1n) is 5.42. The van der Waals surface area contributed by atoms with Crippen molar-refractivity contribution in [3.63, 3.8) is 0 Å². The van der Waals surface area contributed by atoms with Gasteiger partial charge in [0.15, 0.2) is 0 Å². The van der Waals surface area contributed by atoms with Crippen molar-refractivity contribution in [1.29, 1.82) is 0 Å². The molecular weight excluding hydrogens is 300 g/mol. The summed E-state index contributed by atoms with van der Waals surface area (Å²) in [6, 6.07) is 10.8. The Balaban J connectivity index is 2.53. The van der Waals surface area contributed by atoms with E-state index in [1.54, 1.807) is 6.92 Å². The van der Waals surface area contributed by atoms with Crippen LogP contribution in [0.15, 0.2) is 46.9 Å². The highest BCUT2D eigenvalue weighted by molar-refractivity contribution is 9.10. The second-order valence-electron chi connectivity index (χ2n) is 4.34. The zero-order valence-electron chi connectivity index (χ0n) is 9.75. The molecule has 2 rings (SSSR count). The van der Waals surface area contributed by atoms with Crippen LogP contribution >= 0.6 is 15.9 Å². The fourth-order valence-electron chi connectivity index (χ4n) is 1.88. The fourth-order valence-corrected chi connectivity index (χ4v) is 2.28. The molecule has 0 fully saturated rings. The van der Waals surface area contributed by atoms with E-state index in [0.717, 1.165) is 16.1 Å². The van der Waals surface area contributed by atoms with Gasteiger partial charge in [0.05, 0.1) is 5.54 Å². The van der Waals surface area contributed by atoms with E-state index in [-0.39, 0.29) is 5.56 Å². The molecule has 0 spiro atoms. The summed E-state index contributed by atoms with van der Waals surface area (Å²) in [6.07, 6.45) is 0. The molecule has 0 aromatic heterocycles. The van der Waals surface area contributed by atoms with E-state index in [2.05, 4.69) is 15.9 Å². The van der Waals surface area contributed by atoms with Crippen LogP contribution in [-0.4, -0.2) is 0 Å². The van der Waals surface area contributed by atoms with Crippen LogP contribution in [0.4, 0.5) is 8.78 Å². The third kappa shape index (κ3) is 2.44. The predicted octanol–water partition coefficient (Wildman–Crippen LogP) is 3.95. The van der Waals surface area contributed by atoms with Gasteiger partial charge in [-0.1, -0.05) is 34.1 Å². The van der Waals surface area contributed by atoms with Gasteiger partial charge < -0.3 is 5.73 Å². The highest BCUT2D eigenvalue weighted by atomic mass is 79.9. The van der Waals surface area contributed by atoms with Crippen molar-refractivity contribution in [1.82, 2.24) is 0 Å². The number of benzene rings is 2.